The lowest BCUT2D eigenvalue weighted by molar-refractivity contribution is -0.385. The van der Waals surface area contributed by atoms with Gasteiger partial charge in [0, 0.05) is 11.6 Å². The molecule has 1 saturated carbocycles. The summed E-state index contributed by atoms with van der Waals surface area (Å²) < 4.78 is 4.81. The summed E-state index contributed by atoms with van der Waals surface area (Å²) in [6.45, 7) is 2.83. The number of benzene rings is 1. The van der Waals surface area contributed by atoms with E-state index in [0.29, 0.717) is 11.5 Å². The molecule has 2 N–H and O–H groups in total. The summed E-state index contributed by atoms with van der Waals surface area (Å²) in [4.78, 5) is 46.2. The van der Waals surface area contributed by atoms with Crippen molar-refractivity contribution in [3.05, 3.63) is 39.4 Å². The molecule has 9 nitrogen and oxygen atoms in total. The third-order valence-corrected chi connectivity index (χ3v) is 4.66. The van der Waals surface area contributed by atoms with Gasteiger partial charge in [0.25, 0.3) is 11.6 Å². The van der Waals surface area contributed by atoms with Gasteiger partial charge in [-0.1, -0.05) is 31.9 Å². The van der Waals surface area contributed by atoms with Crippen LogP contribution in [-0.4, -0.2) is 35.5 Å². The van der Waals surface area contributed by atoms with Crippen LogP contribution in [-0.2, 0) is 9.53 Å². The monoisotopic (exact) mass is 377 g/mol. The third-order valence-electron chi connectivity index (χ3n) is 4.66. The number of hydrogen-bond donors (Lipinski definition) is 2. The molecule has 0 aliphatic heterocycles. The van der Waals surface area contributed by atoms with Gasteiger partial charge >= 0.3 is 12.0 Å². The van der Waals surface area contributed by atoms with E-state index in [9.17, 15) is 24.5 Å². The van der Waals surface area contributed by atoms with Crippen LogP contribution in [0.15, 0.2) is 18.2 Å². The maximum atomic E-state index is 12.1. The second kappa shape index (κ2) is 9.11. The van der Waals surface area contributed by atoms with E-state index in [0.717, 1.165) is 25.7 Å². The van der Waals surface area contributed by atoms with E-state index in [4.69, 9.17) is 4.74 Å². The molecule has 0 aromatic heterocycles. The predicted octanol–water partition coefficient (Wildman–Crippen LogP) is 2.46. The Morgan fingerprint density at radius 1 is 1.26 bits per heavy atom. The number of nitrogens with zero attached hydrogens (tertiary/aromatic N) is 1. The van der Waals surface area contributed by atoms with E-state index in [-0.39, 0.29) is 17.3 Å². The summed E-state index contributed by atoms with van der Waals surface area (Å²) >= 11 is 0. The van der Waals surface area contributed by atoms with Crippen molar-refractivity contribution >= 4 is 23.6 Å². The Morgan fingerprint density at radius 3 is 2.63 bits per heavy atom. The number of rotatable bonds is 5. The second-order valence-corrected chi connectivity index (χ2v) is 6.69. The quantitative estimate of drug-likeness (QED) is 0.461. The summed E-state index contributed by atoms with van der Waals surface area (Å²) in [6.07, 6.45) is 4.03. The molecule has 2 rings (SSSR count). The fourth-order valence-corrected chi connectivity index (χ4v) is 3.17. The number of urea groups is 1. The van der Waals surface area contributed by atoms with Gasteiger partial charge in [0.2, 0.25) is 0 Å². The molecule has 0 radical (unpaired) electrons. The molecule has 0 bridgehead atoms. The average molecular weight is 377 g/mol. The number of aryl methyl sites for hydroxylation is 1. The van der Waals surface area contributed by atoms with E-state index in [2.05, 4.69) is 10.6 Å². The first-order valence-corrected chi connectivity index (χ1v) is 8.81. The molecule has 146 valence electrons. The predicted molar refractivity (Wildman–Crippen MR) is 96.2 cm³/mol. The van der Waals surface area contributed by atoms with Gasteiger partial charge in [0.05, 0.1) is 4.92 Å². The fourth-order valence-electron chi connectivity index (χ4n) is 3.17. The minimum atomic E-state index is -0.998. The van der Waals surface area contributed by atoms with Gasteiger partial charge in [0.15, 0.2) is 6.61 Å². The van der Waals surface area contributed by atoms with E-state index in [1.807, 2.05) is 6.92 Å². The summed E-state index contributed by atoms with van der Waals surface area (Å²) in [5.74, 6) is -1.47. The molecule has 0 saturated heterocycles. The Balaban J connectivity index is 1.86. The molecule has 1 fully saturated rings. The maximum Gasteiger partial charge on any atom is 0.345 e. The van der Waals surface area contributed by atoms with Crippen molar-refractivity contribution < 1.29 is 24.0 Å². The Hall–Kier alpha value is -2.97. The number of esters is 1. The molecule has 1 aliphatic carbocycles. The van der Waals surface area contributed by atoms with Crippen LogP contribution in [0, 0.1) is 23.0 Å². The average Bonchev–Trinajstić information content (AvgIpc) is 2.61. The van der Waals surface area contributed by atoms with Gasteiger partial charge in [-0.3, -0.25) is 20.2 Å². The Labute approximate surface area is 156 Å². The number of nitro groups is 1. The van der Waals surface area contributed by atoms with Gasteiger partial charge in [-0.25, -0.2) is 9.59 Å². The first-order chi connectivity index (χ1) is 12.8. The zero-order chi connectivity index (χ0) is 20.0. The van der Waals surface area contributed by atoms with Crippen molar-refractivity contribution in [1.82, 2.24) is 10.6 Å². The first-order valence-electron chi connectivity index (χ1n) is 8.81. The molecule has 2 atom stereocenters. The van der Waals surface area contributed by atoms with Crippen LogP contribution in [0.3, 0.4) is 0 Å². The zero-order valence-corrected chi connectivity index (χ0v) is 15.3. The molecule has 0 unspecified atom stereocenters. The highest BCUT2D eigenvalue weighted by atomic mass is 16.6. The van der Waals surface area contributed by atoms with E-state index >= 15 is 0 Å². The molecule has 9 heteroatoms. The van der Waals surface area contributed by atoms with Crippen molar-refractivity contribution in [2.75, 3.05) is 6.61 Å². The number of nitro benzene ring substituents is 1. The minimum Gasteiger partial charge on any atom is -0.452 e. The number of amides is 3. The number of imide groups is 1. The second-order valence-electron chi connectivity index (χ2n) is 6.69. The number of carbonyl (C=O) groups excluding carboxylic acids is 3. The summed E-state index contributed by atoms with van der Waals surface area (Å²) in [5, 5.41) is 16.0. The van der Waals surface area contributed by atoms with Gasteiger partial charge < -0.3 is 10.1 Å². The minimum absolute atomic E-state index is 0.00374. The maximum absolute atomic E-state index is 12.1. The lowest BCUT2D eigenvalue weighted by Crippen LogP contribution is -2.48. The highest BCUT2D eigenvalue weighted by molar-refractivity contribution is 5.98. The van der Waals surface area contributed by atoms with Gasteiger partial charge in [-0.15, -0.1) is 0 Å². The van der Waals surface area contributed by atoms with E-state index in [1.54, 1.807) is 0 Å². The standard InChI is InChI=1S/C18H23N3O6/c1-11-6-3-4-9-14(11)19-18(24)20-15(22)10-27-17(23)13-8-5-7-12(2)16(13)21(25)26/h5,7-8,11,14H,3-4,6,9-10H2,1-2H3,(H2,19,20,22,24)/t11-,14-/m1/s1. The van der Waals surface area contributed by atoms with Gasteiger partial charge in [-0.2, -0.15) is 0 Å². The summed E-state index contributed by atoms with van der Waals surface area (Å²) in [7, 11) is 0. The van der Waals surface area contributed by atoms with Crippen molar-refractivity contribution in [1.29, 1.82) is 0 Å². The number of para-hydroxylation sites is 1. The molecule has 0 spiro atoms. The smallest absolute Gasteiger partial charge is 0.345 e. The lowest BCUT2D eigenvalue weighted by atomic mass is 9.86. The largest absolute Gasteiger partial charge is 0.452 e. The molecule has 1 aromatic rings. The van der Waals surface area contributed by atoms with Crippen LogP contribution in [0.4, 0.5) is 10.5 Å². The zero-order valence-electron chi connectivity index (χ0n) is 15.3. The molecule has 0 heterocycles. The van der Waals surface area contributed by atoms with Crippen LogP contribution < -0.4 is 10.6 Å². The molecular formula is C18H23N3O6. The van der Waals surface area contributed by atoms with Crippen molar-refractivity contribution in [2.24, 2.45) is 5.92 Å². The lowest BCUT2D eigenvalue weighted by Gasteiger charge is -2.29. The highest BCUT2D eigenvalue weighted by Gasteiger charge is 2.25. The van der Waals surface area contributed by atoms with E-state index < -0.39 is 29.4 Å². The molecule has 3 amide bonds. The van der Waals surface area contributed by atoms with Crippen LogP contribution in [0.25, 0.3) is 0 Å². The highest BCUT2D eigenvalue weighted by Crippen LogP contribution is 2.24. The molecular weight excluding hydrogens is 354 g/mol. The number of ether oxygens (including phenoxy) is 1. The molecule has 1 aliphatic rings. The summed E-state index contributed by atoms with van der Waals surface area (Å²) in [6, 6.07) is 3.60. The normalized spacial score (nSPS) is 19.0. The van der Waals surface area contributed by atoms with Crippen LogP contribution in [0.5, 0.6) is 0 Å². The van der Waals surface area contributed by atoms with Crippen LogP contribution >= 0.6 is 0 Å². The first kappa shape index (κ1) is 20.3. The van der Waals surface area contributed by atoms with Crippen molar-refractivity contribution in [3.63, 3.8) is 0 Å². The third kappa shape index (κ3) is 5.50. The fraction of sp³-hybridized carbons (Fsp3) is 0.500. The Bertz CT molecular complexity index is 749. The van der Waals surface area contributed by atoms with Gasteiger partial charge in [-0.05, 0) is 31.7 Å². The number of carbonyl (C=O) groups is 3. The Kier molecular flexibility index (Phi) is 6.86. The molecule has 1 aromatic carbocycles. The van der Waals surface area contributed by atoms with Gasteiger partial charge in [0.1, 0.15) is 5.56 Å². The Morgan fingerprint density at radius 2 is 1.96 bits per heavy atom. The van der Waals surface area contributed by atoms with E-state index in [1.165, 1.54) is 25.1 Å². The molecule has 27 heavy (non-hydrogen) atoms. The number of nitrogens with one attached hydrogen (secondary N) is 2. The van der Waals surface area contributed by atoms with Crippen LogP contribution in [0.1, 0.15) is 48.5 Å². The topological polar surface area (TPSA) is 128 Å². The SMILES string of the molecule is Cc1cccc(C(=O)OCC(=O)NC(=O)N[C@@H]2CCCC[C@H]2C)c1[N+](=O)[O-]. The van der Waals surface area contributed by atoms with Crippen LogP contribution in [0.2, 0.25) is 0 Å². The number of hydrogen-bond acceptors (Lipinski definition) is 6. The summed E-state index contributed by atoms with van der Waals surface area (Å²) in [5.41, 5.74) is -0.305. The van der Waals surface area contributed by atoms with Crippen molar-refractivity contribution in [3.8, 4) is 0 Å². The van der Waals surface area contributed by atoms with Crippen molar-refractivity contribution in [2.45, 2.75) is 45.6 Å².